The van der Waals surface area contributed by atoms with Gasteiger partial charge < -0.3 is 20.3 Å². The van der Waals surface area contributed by atoms with Gasteiger partial charge in [-0.1, -0.05) is 13.8 Å². The molecule has 0 spiro atoms. The molecule has 4 amide bonds. The highest BCUT2D eigenvalue weighted by atomic mass is 32.1. The molecule has 214 valence electrons. The summed E-state index contributed by atoms with van der Waals surface area (Å²) in [5.74, 6) is 1.12. The van der Waals surface area contributed by atoms with E-state index in [0.717, 1.165) is 51.5 Å². The Labute approximate surface area is 242 Å². The number of hydrogen-bond acceptors (Lipinski definition) is 8. The minimum absolute atomic E-state index is 0.0902. The molecular weight excluding hydrogens is 542 g/mol. The maximum atomic E-state index is 12.8. The van der Waals surface area contributed by atoms with Crippen molar-refractivity contribution in [1.29, 1.82) is 0 Å². The van der Waals surface area contributed by atoms with Crippen LogP contribution in [0.5, 0.6) is 11.6 Å². The SMILES string of the molecule is CC.CC(=O)N1CCC[C@@H](NC=O)C1.Cc1sc2nccc3c2c1NC(=O)N3c1ccc(Oc2cccnn2)cc1. The number of piperidine rings is 1. The predicted octanol–water partition coefficient (Wildman–Crippen LogP) is 5.64. The number of carbonyl (C=O) groups excluding carboxylic acids is 3. The van der Waals surface area contributed by atoms with Crippen molar-refractivity contribution >= 4 is 57.0 Å². The molecule has 0 bridgehead atoms. The standard InChI is InChI=1S/C19H13N5O2S.C8H14N2O2.C2H6/c1-11-17-16-14(8-10-20-18(16)27-11)24(19(25)22-17)12-4-6-13(7-5-12)26-15-3-2-9-21-23-15;1-7(12)10-4-2-3-8(5-10)9-6-11;1-2/h2-10H,1H3,(H,22,25);6,8H,2-5H2,1H3,(H,9,11);1-2H3/t;8-;/m.1./s1. The molecular formula is C29H33N7O4S. The van der Waals surface area contributed by atoms with Gasteiger partial charge in [0.05, 0.1) is 22.4 Å². The number of nitrogens with one attached hydrogen (secondary N) is 2. The summed E-state index contributed by atoms with van der Waals surface area (Å²) in [5.41, 5.74) is 2.41. The van der Waals surface area contributed by atoms with Gasteiger partial charge >= 0.3 is 6.03 Å². The average molecular weight is 576 g/mol. The molecule has 2 aliphatic rings. The lowest BCUT2D eigenvalue weighted by Crippen LogP contribution is -2.46. The summed E-state index contributed by atoms with van der Waals surface area (Å²) in [6.07, 6.45) is 5.97. The lowest BCUT2D eigenvalue weighted by atomic mass is 10.1. The van der Waals surface area contributed by atoms with Crippen LogP contribution in [-0.2, 0) is 9.59 Å². The molecule has 11 nitrogen and oxygen atoms in total. The van der Waals surface area contributed by atoms with Gasteiger partial charge in [-0.3, -0.25) is 14.5 Å². The molecule has 0 aliphatic carbocycles. The Hall–Kier alpha value is -4.58. The third-order valence-corrected chi connectivity index (χ3v) is 7.47. The molecule has 0 saturated carbocycles. The Kier molecular flexibility index (Phi) is 9.80. The van der Waals surface area contributed by atoms with E-state index in [1.165, 1.54) is 0 Å². The highest BCUT2D eigenvalue weighted by Crippen LogP contribution is 2.45. The topological polar surface area (TPSA) is 130 Å². The maximum Gasteiger partial charge on any atom is 0.331 e. The van der Waals surface area contributed by atoms with E-state index < -0.39 is 0 Å². The first kappa shape index (κ1) is 29.4. The number of hydrogen-bond donors (Lipinski definition) is 2. The first-order chi connectivity index (χ1) is 19.9. The van der Waals surface area contributed by atoms with Crippen LogP contribution in [-0.4, -0.2) is 57.6 Å². The smallest absolute Gasteiger partial charge is 0.331 e. The molecule has 0 unspecified atom stereocenters. The van der Waals surface area contributed by atoms with E-state index in [1.807, 2.05) is 39.0 Å². The van der Waals surface area contributed by atoms with Crippen molar-refractivity contribution < 1.29 is 19.1 Å². The third-order valence-electron chi connectivity index (χ3n) is 6.46. The fourth-order valence-corrected chi connectivity index (χ4v) is 5.57. The second-order valence-electron chi connectivity index (χ2n) is 9.06. The number of anilines is 3. The summed E-state index contributed by atoms with van der Waals surface area (Å²) in [5, 5.41) is 14.3. The molecule has 6 rings (SSSR count). The fourth-order valence-electron chi connectivity index (χ4n) is 4.60. The average Bonchev–Trinajstić information content (AvgIpc) is 3.32. The number of carbonyl (C=O) groups is 3. The number of aromatic nitrogens is 3. The van der Waals surface area contributed by atoms with Crippen molar-refractivity contribution in [2.45, 2.75) is 46.6 Å². The summed E-state index contributed by atoms with van der Waals surface area (Å²) in [6.45, 7) is 9.03. The number of thiophene rings is 1. The van der Waals surface area contributed by atoms with Crippen LogP contribution >= 0.6 is 11.3 Å². The van der Waals surface area contributed by atoms with E-state index in [-0.39, 0.29) is 18.0 Å². The number of amides is 4. The van der Waals surface area contributed by atoms with Gasteiger partial charge in [0, 0.05) is 49.4 Å². The summed E-state index contributed by atoms with van der Waals surface area (Å²) in [7, 11) is 0. The Morgan fingerprint density at radius 2 is 1.95 bits per heavy atom. The molecule has 1 atom stereocenters. The van der Waals surface area contributed by atoms with Crippen LogP contribution in [0.4, 0.5) is 21.9 Å². The molecule has 12 heteroatoms. The summed E-state index contributed by atoms with van der Waals surface area (Å²) < 4.78 is 5.66. The molecule has 1 aromatic carbocycles. The number of nitrogens with zero attached hydrogens (tertiary/aromatic N) is 5. The maximum absolute atomic E-state index is 12.8. The van der Waals surface area contributed by atoms with Crippen LogP contribution in [0, 0.1) is 6.92 Å². The number of benzene rings is 1. The zero-order chi connectivity index (χ0) is 29.4. The number of aryl methyl sites for hydroxylation is 1. The van der Waals surface area contributed by atoms with Crippen molar-refractivity contribution in [2.24, 2.45) is 0 Å². The van der Waals surface area contributed by atoms with E-state index >= 15 is 0 Å². The van der Waals surface area contributed by atoms with Crippen molar-refractivity contribution in [2.75, 3.05) is 23.3 Å². The van der Waals surface area contributed by atoms with Gasteiger partial charge in [0.25, 0.3) is 0 Å². The van der Waals surface area contributed by atoms with E-state index in [4.69, 9.17) is 4.74 Å². The van der Waals surface area contributed by atoms with Crippen molar-refractivity contribution in [3.63, 3.8) is 0 Å². The van der Waals surface area contributed by atoms with Gasteiger partial charge in [0.15, 0.2) is 0 Å². The monoisotopic (exact) mass is 575 g/mol. The van der Waals surface area contributed by atoms with Gasteiger partial charge in [-0.25, -0.2) is 9.78 Å². The lowest BCUT2D eigenvalue weighted by molar-refractivity contribution is -0.130. The summed E-state index contributed by atoms with van der Waals surface area (Å²) >= 11 is 1.58. The number of rotatable bonds is 5. The van der Waals surface area contributed by atoms with Crippen LogP contribution in [0.2, 0.25) is 0 Å². The Balaban J connectivity index is 0.000000234. The van der Waals surface area contributed by atoms with E-state index in [0.29, 0.717) is 24.6 Å². The molecule has 4 aromatic rings. The molecule has 5 heterocycles. The Morgan fingerprint density at radius 1 is 1.17 bits per heavy atom. The zero-order valence-corrected chi connectivity index (χ0v) is 24.3. The van der Waals surface area contributed by atoms with Crippen molar-refractivity contribution in [1.82, 2.24) is 25.4 Å². The van der Waals surface area contributed by atoms with Crippen molar-refractivity contribution in [3.8, 4) is 11.6 Å². The first-order valence-electron chi connectivity index (χ1n) is 13.4. The van der Waals surface area contributed by atoms with Crippen LogP contribution < -0.4 is 20.3 Å². The molecule has 1 saturated heterocycles. The van der Waals surface area contributed by atoms with E-state index in [1.54, 1.807) is 64.7 Å². The van der Waals surface area contributed by atoms with Gasteiger partial charge in [-0.15, -0.1) is 16.4 Å². The highest BCUT2D eigenvalue weighted by Gasteiger charge is 2.29. The van der Waals surface area contributed by atoms with Crippen LogP contribution in [0.1, 0.15) is 38.5 Å². The van der Waals surface area contributed by atoms with Crippen LogP contribution in [0.25, 0.3) is 10.2 Å². The van der Waals surface area contributed by atoms with Crippen LogP contribution in [0.15, 0.2) is 54.9 Å². The number of ether oxygens (including phenoxy) is 1. The molecule has 41 heavy (non-hydrogen) atoms. The Morgan fingerprint density at radius 3 is 2.63 bits per heavy atom. The zero-order valence-electron chi connectivity index (χ0n) is 23.5. The summed E-state index contributed by atoms with van der Waals surface area (Å²) in [4.78, 5) is 43.7. The number of urea groups is 1. The largest absolute Gasteiger partial charge is 0.438 e. The quantitative estimate of drug-likeness (QED) is 0.295. The number of likely N-dealkylation sites (tertiary alicyclic amines) is 1. The van der Waals surface area contributed by atoms with Gasteiger partial charge in [0.1, 0.15) is 10.6 Å². The van der Waals surface area contributed by atoms with Crippen molar-refractivity contribution in [3.05, 3.63) is 59.7 Å². The lowest BCUT2D eigenvalue weighted by Gasteiger charge is -2.31. The minimum atomic E-state index is -0.195. The molecule has 2 aliphatic heterocycles. The van der Waals surface area contributed by atoms with Gasteiger partial charge in [0.2, 0.25) is 18.2 Å². The van der Waals surface area contributed by atoms with Crippen LogP contribution in [0.3, 0.4) is 0 Å². The normalized spacial score (nSPS) is 15.5. The molecule has 2 N–H and O–H groups in total. The Bertz CT molecular complexity index is 1490. The molecule has 0 radical (unpaired) electrons. The first-order valence-corrected chi connectivity index (χ1v) is 14.3. The third kappa shape index (κ3) is 6.77. The molecule has 1 fully saturated rings. The second-order valence-corrected chi connectivity index (χ2v) is 10.3. The molecule has 3 aromatic heterocycles. The fraction of sp³-hybridized carbons (Fsp3) is 0.310. The number of pyridine rings is 1. The minimum Gasteiger partial charge on any atom is -0.438 e. The van der Waals surface area contributed by atoms with E-state index in [9.17, 15) is 14.4 Å². The van der Waals surface area contributed by atoms with Gasteiger partial charge in [-0.05, 0) is 56.2 Å². The highest BCUT2D eigenvalue weighted by molar-refractivity contribution is 7.19. The summed E-state index contributed by atoms with van der Waals surface area (Å²) in [6, 6.07) is 12.6. The predicted molar refractivity (Wildman–Crippen MR) is 160 cm³/mol. The second kappa shape index (κ2) is 13.7. The van der Waals surface area contributed by atoms with Gasteiger partial charge in [-0.2, -0.15) is 5.10 Å². The van der Waals surface area contributed by atoms with E-state index in [2.05, 4.69) is 25.8 Å².